The molecule has 4 N–H and O–H groups in total. The first-order valence-electron chi connectivity index (χ1n) is 11.2. The second-order valence-electron chi connectivity index (χ2n) is 9.33. The number of halogens is 2. The van der Waals surface area contributed by atoms with Crippen LogP contribution in [0.5, 0.6) is 5.75 Å². The van der Waals surface area contributed by atoms with Crippen molar-refractivity contribution in [3.63, 3.8) is 0 Å². The Morgan fingerprint density at radius 2 is 1.71 bits per heavy atom. The number of amides is 3. The molecule has 1 aliphatic carbocycles. The molecule has 0 saturated heterocycles. The quantitative estimate of drug-likeness (QED) is 0.457. The normalized spacial score (nSPS) is 21.4. The van der Waals surface area contributed by atoms with Gasteiger partial charge >= 0.3 is 12.0 Å². The third-order valence-corrected chi connectivity index (χ3v) is 6.74. The number of nitrogens with one attached hydrogen (secondary N) is 1. The van der Waals surface area contributed by atoms with Crippen LogP contribution in [0.25, 0.3) is 0 Å². The second-order valence-corrected chi connectivity index (χ2v) is 10.2. The van der Waals surface area contributed by atoms with E-state index >= 15 is 0 Å². The van der Waals surface area contributed by atoms with Crippen LogP contribution < -0.4 is 20.7 Å². The number of para-hydroxylation sites is 1. The van der Waals surface area contributed by atoms with Crippen molar-refractivity contribution >= 4 is 46.8 Å². The number of nitrogens with two attached hydrogens (primary N) is 1. The molecule has 0 bridgehead atoms. The minimum absolute atomic E-state index is 0.229. The van der Waals surface area contributed by atoms with Crippen LogP contribution >= 0.6 is 23.2 Å². The molecular weight excluding hydrogens is 493 g/mol. The van der Waals surface area contributed by atoms with Gasteiger partial charge in [-0.15, -0.1) is 0 Å². The molecule has 2 aromatic carbocycles. The number of anilines is 1. The van der Waals surface area contributed by atoms with Crippen molar-refractivity contribution in [1.29, 1.82) is 0 Å². The summed E-state index contributed by atoms with van der Waals surface area (Å²) in [6, 6.07) is 12.5. The van der Waals surface area contributed by atoms with Gasteiger partial charge in [-0.05, 0) is 69.9 Å². The smallest absolute Gasteiger partial charge is 0.319 e. The van der Waals surface area contributed by atoms with Crippen molar-refractivity contribution in [3.05, 3.63) is 58.6 Å². The molecule has 0 heterocycles. The van der Waals surface area contributed by atoms with Crippen LogP contribution in [0.4, 0.5) is 10.5 Å². The number of carbonyl (C=O) groups is 3. The number of ether oxygens (including phenoxy) is 1. The fraction of sp³-hybridized carbons (Fsp3) is 0.400. The summed E-state index contributed by atoms with van der Waals surface area (Å²) in [5.74, 6) is -1.28. The molecule has 3 amide bonds. The van der Waals surface area contributed by atoms with Crippen LogP contribution in [0.1, 0.15) is 39.5 Å². The number of carboxylic acids is 1. The van der Waals surface area contributed by atoms with Gasteiger partial charge in [-0.2, -0.15) is 0 Å². The minimum Gasteiger partial charge on any atom is -0.481 e. The third kappa shape index (κ3) is 6.80. The van der Waals surface area contributed by atoms with E-state index in [1.165, 1.54) is 23.1 Å². The predicted octanol–water partition coefficient (Wildman–Crippen LogP) is 4.87. The van der Waals surface area contributed by atoms with Gasteiger partial charge in [-0.1, -0.05) is 41.4 Å². The van der Waals surface area contributed by atoms with E-state index in [1.54, 1.807) is 31.2 Å². The second kappa shape index (κ2) is 10.7. The summed E-state index contributed by atoms with van der Waals surface area (Å²) in [7, 11) is 0. The molecule has 1 saturated carbocycles. The Kier molecular flexibility index (Phi) is 8.18. The van der Waals surface area contributed by atoms with Crippen molar-refractivity contribution < 1.29 is 24.2 Å². The lowest BCUT2D eigenvalue weighted by Gasteiger charge is -2.41. The first kappa shape index (κ1) is 26.6. The summed E-state index contributed by atoms with van der Waals surface area (Å²) in [5.41, 5.74) is 3.82. The van der Waals surface area contributed by atoms with Gasteiger partial charge in [0, 0.05) is 21.3 Å². The average Bonchev–Trinajstić information content (AvgIpc) is 2.77. The number of carbonyl (C=O) groups excluding carboxylic acids is 2. The Bertz CT molecular complexity index is 1070. The van der Waals surface area contributed by atoms with Crippen LogP contribution in [0.3, 0.4) is 0 Å². The molecule has 0 aromatic heterocycles. The van der Waals surface area contributed by atoms with Gasteiger partial charge in [-0.25, -0.2) is 4.79 Å². The van der Waals surface area contributed by atoms with Gasteiger partial charge in [0.2, 0.25) is 5.60 Å². The molecule has 1 fully saturated rings. The molecule has 3 rings (SSSR count). The average molecular weight is 522 g/mol. The van der Waals surface area contributed by atoms with E-state index in [0.29, 0.717) is 47.2 Å². The topological polar surface area (TPSA) is 122 Å². The summed E-state index contributed by atoms with van der Waals surface area (Å²) < 4.78 is 6.15. The fourth-order valence-electron chi connectivity index (χ4n) is 4.23. The van der Waals surface area contributed by atoms with Crippen LogP contribution in [0.2, 0.25) is 10.0 Å². The van der Waals surface area contributed by atoms with Crippen molar-refractivity contribution in [1.82, 2.24) is 5.32 Å². The summed E-state index contributed by atoms with van der Waals surface area (Å²) in [6.07, 6.45) is 1.91. The number of hydrogen-bond acceptors (Lipinski definition) is 4. The highest BCUT2D eigenvalue weighted by Gasteiger charge is 2.44. The Morgan fingerprint density at radius 3 is 2.23 bits per heavy atom. The molecule has 0 radical (unpaired) electrons. The lowest BCUT2D eigenvalue weighted by atomic mass is 9.77. The number of hydrogen-bond donors (Lipinski definition) is 3. The zero-order valence-electron chi connectivity index (χ0n) is 19.6. The highest BCUT2D eigenvalue weighted by molar-refractivity contribution is 6.35. The van der Waals surface area contributed by atoms with Gasteiger partial charge in [-0.3, -0.25) is 14.5 Å². The molecule has 1 unspecified atom stereocenters. The molecular formula is C25H29Cl2N3O5. The molecule has 8 nitrogen and oxygen atoms in total. The van der Waals surface area contributed by atoms with Crippen LogP contribution in [-0.2, 0) is 9.59 Å². The number of urea groups is 1. The maximum atomic E-state index is 13.7. The lowest BCUT2D eigenvalue weighted by Crippen LogP contribution is -2.62. The lowest BCUT2D eigenvalue weighted by molar-refractivity contribution is -0.143. The van der Waals surface area contributed by atoms with Gasteiger partial charge in [0.25, 0.3) is 5.91 Å². The van der Waals surface area contributed by atoms with Crippen LogP contribution in [0.15, 0.2) is 48.5 Å². The highest BCUT2D eigenvalue weighted by atomic mass is 35.5. The Hall–Kier alpha value is -2.97. The fourth-order valence-corrected chi connectivity index (χ4v) is 4.74. The van der Waals surface area contributed by atoms with Gasteiger partial charge in [0.1, 0.15) is 5.75 Å². The van der Waals surface area contributed by atoms with Gasteiger partial charge in [0.15, 0.2) is 0 Å². The molecule has 1 atom stereocenters. The third-order valence-electron chi connectivity index (χ3n) is 6.31. The van der Waals surface area contributed by atoms with E-state index in [2.05, 4.69) is 5.32 Å². The van der Waals surface area contributed by atoms with Crippen molar-refractivity contribution in [2.45, 2.75) is 50.7 Å². The summed E-state index contributed by atoms with van der Waals surface area (Å²) >= 11 is 12.3. The molecule has 0 aliphatic heterocycles. The molecule has 0 spiro atoms. The first-order chi connectivity index (χ1) is 16.4. The summed E-state index contributed by atoms with van der Waals surface area (Å²) in [4.78, 5) is 38.7. The van der Waals surface area contributed by atoms with E-state index < -0.39 is 35.0 Å². The number of nitrogens with zero attached hydrogens (tertiary/aromatic N) is 1. The van der Waals surface area contributed by atoms with Crippen molar-refractivity contribution in [2.24, 2.45) is 11.7 Å². The largest absolute Gasteiger partial charge is 0.481 e. The van der Waals surface area contributed by atoms with Gasteiger partial charge < -0.3 is 20.9 Å². The standard InChI is InChI=1S/C25H29Cl2N3O5/c1-24(10-8-16(9-11-24)21(31)32)29-22(33)25(2,35-20-6-4-3-5-7-20)15-30(23(28)34)19-13-17(26)12-18(27)14-19/h3-7,12-14,16H,8-11,15H2,1-2H3,(H2,28,34)(H,29,33)(H,31,32). The molecule has 2 aromatic rings. The monoisotopic (exact) mass is 521 g/mol. The minimum atomic E-state index is -1.56. The number of benzene rings is 2. The summed E-state index contributed by atoms with van der Waals surface area (Å²) in [6.45, 7) is 3.23. The van der Waals surface area contributed by atoms with Crippen molar-refractivity contribution in [3.8, 4) is 5.75 Å². The van der Waals surface area contributed by atoms with Gasteiger partial charge in [0.05, 0.1) is 12.5 Å². The Morgan fingerprint density at radius 1 is 1.14 bits per heavy atom. The molecule has 35 heavy (non-hydrogen) atoms. The van der Waals surface area contributed by atoms with Crippen LogP contribution in [-0.4, -0.2) is 40.7 Å². The van der Waals surface area contributed by atoms with E-state index in [-0.39, 0.29) is 6.54 Å². The maximum absolute atomic E-state index is 13.7. The van der Waals surface area contributed by atoms with E-state index in [4.69, 9.17) is 33.7 Å². The maximum Gasteiger partial charge on any atom is 0.319 e. The van der Waals surface area contributed by atoms with Crippen LogP contribution in [0, 0.1) is 5.92 Å². The SMILES string of the molecule is CC1(NC(=O)C(C)(CN(C(N)=O)c2cc(Cl)cc(Cl)c2)Oc2ccccc2)CCC(C(=O)O)CC1. The molecule has 188 valence electrons. The number of aliphatic carboxylic acids is 1. The van der Waals surface area contributed by atoms with E-state index in [9.17, 15) is 19.5 Å². The Labute approximate surface area is 214 Å². The number of carboxylic acid groups (broad SMARTS) is 1. The highest BCUT2D eigenvalue weighted by Crippen LogP contribution is 2.33. The zero-order chi connectivity index (χ0) is 25.8. The number of primary amides is 1. The molecule has 10 heteroatoms. The zero-order valence-corrected chi connectivity index (χ0v) is 21.1. The van der Waals surface area contributed by atoms with E-state index in [0.717, 1.165) is 0 Å². The first-order valence-corrected chi connectivity index (χ1v) is 12.0. The Balaban J connectivity index is 1.90. The molecule has 1 aliphatic rings. The predicted molar refractivity (Wildman–Crippen MR) is 135 cm³/mol. The number of rotatable bonds is 8. The van der Waals surface area contributed by atoms with Crippen molar-refractivity contribution in [2.75, 3.05) is 11.4 Å². The van der Waals surface area contributed by atoms with E-state index in [1.807, 2.05) is 13.0 Å². The summed E-state index contributed by atoms with van der Waals surface area (Å²) in [5, 5.41) is 13.0.